The van der Waals surface area contributed by atoms with Gasteiger partial charge in [-0.15, -0.1) is 11.3 Å². The first-order valence-corrected chi connectivity index (χ1v) is 8.29. The Bertz CT molecular complexity index is 954. The number of anilines is 2. The number of thiazole rings is 1. The van der Waals surface area contributed by atoms with Crippen LogP contribution >= 0.6 is 11.3 Å². The monoisotopic (exact) mass is 337 g/mol. The maximum atomic E-state index is 5.89. The van der Waals surface area contributed by atoms with Gasteiger partial charge in [-0.25, -0.2) is 9.97 Å². The molecule has 0 saturated carbocycles. The molecule has 0 atom stereocenters. The largest absolute Gasteiger partial charge is 0.457 e. The molecule has 6 nitrogen and oxygen atoms in total. The lowest BCUT2D eigenvalue weighted by atomic mass is 10.3. The number of nitrogens with two attached hydrogens (primary N) is 1. The first-order chi connectivity index (χ1) is 11.7. The molecule has 0 aliphatic carbocycles. The number of aromatic nitrogens is 3. The summed E-state index contributed by atoms with van der Waals surface area (Å²) in [5.74, 6) is 2.51. The van der Waals surface area contributed by atoms with Crippen LogP contribution in [0.4, 0.5) is 11.8 Å². The average Bonchev–Trinajstić information content (AvgIpc) is 3.18. The zero-order chi connectivity index (χ0) is 16.5. The van der Waals surface area contributed by atoms with E-state index in [0.717, 1.165) is 32.4 Å². The molecule has 3 heterocycles. The predicted molar refractivity (Wildman–Crippen MR) is 95.8 cm³/mol. The highest BCUT2D eigenvalue weighted by atomic mass is 32.1. The van der Waals surface area contributed by atoms with Crippen LogP contribution in [0.25, 0.3) is 21.0 Å². The smallest absolute Gasteiger partial charge is 0.222 e. The van der Waals surface area contributed by atoms with Crippen LogP contribution in [0.15, 0.2) is 46.9 Å². The molecule has 0 spiro atoms. The van der Waals surface area contributed by atoms with Crippen LogP contribution in [-0.4, -0.2) is 15.0 Å². The van der Waals surface area contributed by atoms with Gasteiger partial charge in [0.1, 0.15) is 11.6 Å². The summed E-state index contributed by atoms with van der Waals surface area (Å²) in [6.45, 7) is 2.39. The van der Waals surface area contributed by atoms with Crippen molar-refractivity contribution in [3.05, 3.63) is 53.9 Å². The molecule has 3 aromatic heterocycles. The van der Waals surface area contributed by atoms with Gasteiger partial charge in [-0.3, -0.25) is 0 Å². The van der Waals surface area contributed by atoms with Gasteiger partial charge in [0.2, 0.25) is 5.95 Å². The van der Waals surface area contributed by atoms with Crippen molar-refractivity contribution in [3.8, 4) is 10.8 Å². The van der Waals surface area contributed by atoms with E-state index in [4.69, 9.17) is 10.2 Å². The van der Waals surface area contributed by atoms with Crippen LogP contribution in [0, 0.1) is 6.92 Å². The molecule has 3 N–H and O–H groups in total. The van der Waals surface area contributed by atoms with Crippen LogP contribution in [0.1, 0.15) is 11.5 Å². The van der Waals surface area contributed by atoms with Crippen molar-refractivity contribution in [3.63, 3.8) is 0 Å². The fourth-order valence-corrected chi connectivity index (χ4v) is 3.35. The minimum atomic E-state index is 0.257. The number of hydrogen-bond acceptors (Lipinski definition) is 7. The zero-order valence-electron chi connectivity index (χ0n) is 13.0. The molecule has 0 aliphatic rings. The second-order valence-corrected chi connectivity index (χ2v) is 6.39. The molecule has 0 amide bonds. The Balaban J connectivity index is 1.52. The van der Waals surface area contributed by atoms with Gasteiger partial charge in [-0.05, 0) is 31.2 Å². The number of aryl methyl sites for hydroxylation is 1. The molecule has 0 aliphatic heterocycles. The van der Waals surface area contributed by atoms with Gasteiger partial charge in [0, 0.05) is 11.8 Å². The third-order valence-electron chi connectivity index (χ3n) is 3.48. The summed E-state index contributed by atoms with van der Waals surface area (Å²) in [6, 6.07) is 13.8. The van der Waals surface area contributed by atoms with Crippen LogP contribution in [0.2, 0.25) is 0 Å². The lowest BCUT2D eigenvalue weighted by Gasteiger charge is -2.05. The molecule has 4 aromatic rings. The Kier molecular flexibility index (Phi) is 3.62. The summed E-state index contributed by atoms with van der Waals surface area (Å²) in [7, 11) is 0. The van der Waals surface area contributed by atoms with Crippen LogP contribution in [0.3, 0.4) is 0 Å². The quantitative estimate of drug-likeness (QED) is 0.588. The van der Waals surface area contributed by atoms with Crippen molar-refractivity contribution in [1.82, 2.24) is 15.0 Å². The minimum absolute atomic E-state index is 0.257. The topological polar surface area (TPSA) is 89.9 Å². The molecule has 4 rings (SSSR count). The van der Waals surface area contributed by atoms with Crippen molar-refractivity contribution in [2.75, 3.05) is 11.1 Å². The van der Waals surface area contributed by atoms with Crippen molar-refractivity contribution < 1.29 is 4.42 Å². The van der Waals surface area contributed by atoms with E-state index in [2.05, 4.69) is 26.3 Å². The third kappa shape index (κ3) is 2.93. The number of nitrogens with zero attached hydrogens (tertiary/aromatic N) is 3. The highest BCUT2D eigenvalue weighted by Gasteiger charge is 2.10. The van der Waals surface area contributed by atoms with Crippen LogP contribution < -0.4 is 11.1 Å². The first kappa shape index (κ1) is 14.6. The van der Waals surface area contributed by atoms with E-state index in [0.29, 0.717) is 12.4 Å². The number of rotatable bonds is 4. The van der Waals surface area contributed by atoms with Crippen molar-refractivity contribution in [2.24, 2.45) is 0 Å². The number of nitrogen functional groups attached to an aromatic ring is 1. The Morgan fingerprint density at radius 3 is 2.83 bits per heavy atom. The van der Waals surface area contributed by atoms with E-state index < -0.39 is 0 Å². The van der Waals surface area contributed by atoms with Gasteiger partial charge >= 0.3 is 0 Å². The van der Waals surface area contributed by atoms with E-state index in [1.807, 2.05) is 43.3 Å². The first-order valence-electron chi connectivity index (χ1n) is 7.47. The Morgan fingerprint density at radius 2 is 2.00 bits per heavy atom. The fourth-order valence-electron chi connectivity index (χ4n) is 2.43. The number of furan rings is 1. The molecule has 0 bridgehead atoms. The summed E-state index contributed by atoms with van der Waals surface area (Å²) in [6.07, 6.45) is 0. The van der Waals surface area contributed by atoms with Gasteiger partial charge in [-0.2, -0.15) is 4.98 Å². The third-order valence-corrected chi connectivity index (χ3v) is 4.53. The molecule has 7 heteroatoms. The molecule has 24 heavy (non-hydrogen) atoms. The summed E-state index contributed by atoms with van der Waals surface area (Å²) in [4.78, 5) is 12.8. The summed E-state index contributed by atoms with van der Waals surface area (Å²) < 4.78 is 7.04. The van der Waals surface area contributed by atoms with Crippen LogP contribution in [0.5, 0.6) is 0 Å². The van der Waals surface area contributed by atoms with Gasteiger partial charge in [-0.1, -0.05) is 12.1 Å². The lowest BCUT2D eigenvalue weighted by molar-refractivity contribution is 0.531. The highest BCUT2D eigenvalue weighted by Crippen LogP contribution is 2.31. The van der Waals surface area contributed by atoms with E-state index in [-0.39, 0.29) is 5.95 Å². The van der Waals surface area contributed by atoms with Crippen LogP contribution in [-0.2, 0) is 6.54 Å². The van der Waals surface area contributed by atoms with Crippen molar-refractivity contribution >= 4 is 33.3 Å². The lowest BCUT2D eigenvalue weighted by Crippen LogP contribution is -2.04. The summed E-state index contributed by atoms with van der Waals surface area (Å²) in [5, 5.41) is 4.07. The van der Waals surface area contributed by atoms with Gasteiger partial charge < -0.3 is 15.5 Å². The SMILES string of the molecule is Cc1cc(NCc2ccc(-c3nc4ccccc4s3)o2)nc(N)n1. The second kappa shape index (κ2) is 5.93. The molecular weight excluding hydrogens is 322 g/mol. The molecule has 0 unspecified atom stereocenters. The maximum absolute atomic E-state index is 5.89. The second-order valence-electron chi connectivity index (χ2n) is 5.36. The van der Waals surface area contributed by atoms with E-state index >= 15 is 0 Å². The molecule has 0 fully saturated rings. The minimum Gasteiger partial charge on any atom is -0.457 e. The normalized spacial score (nSPS) is 11.0. The number of nitrogens with one attached hydrogen (secondary N) is 1. The number of hydrogen-bond donors (Lipinski definition) is 2. The van der Waals surface area contributed by atoms with E-state index in [1.165, 1.54) is 0 Å². The number of fused-ring (bicyclic) bond motifs is 1. The Hall–Kier alpha value is -2.93. The fraction of sp³-hybridized carbons (Fsp3) is 0.118. The predicted octanol–water partition coefficient (Wildman–Crippen LogP) is 3.85. The van der Waals surface area contributed by atoms with Crippen molar-refractivity contribution in [2.45, 2.75) is 13.5 Å². The highest BCUT2D eigenvalue weighted by molar-refractivity contribution is 7.21. The number of para-hydroxylation sites is 1. The Morgan fingerprint density at radius 1 is 1.12 bits per heavy atom. The van der Waals surface area contributed by atoms with Crippen molar-refractivity contribution in [1.29, 1.82) is 0 Å². The van der Waals surface area contributed by atoms with E-state index in [9.17, 15) is 0 Å². The van der Waals surface area contributed by atoms with Gasteiger partial charge in [0.25, 0.3) is 0 Å². The molecule has 0 saturated heterocycles. The van der Waals surface area contributed by atoms with Gasteiger partial charge in [0.05, 0.1) is 16.8 Å². The molecular formula is C17H15N5OS. The Labute approximate surface area is 142 Å². The maximum Gasteiger partial charge on any atom is 0.222 e. The standard InChI is InChI=1S/C17H15N5OS/c1-10-8-15(22-17(18)20-10)19-9-11-6-7-13(23-11)16-21-12-4-2-3-5-14(12)24-16/h2-8H,9H2,1H3,(H3,18,19,20,22). The van der Waals surface area contributed by atoms with Gasteiger partial charge in [0.15, 0.2) is 10.8 Å². The summed E-state index contributed by atoms with van der Waals surface area (Å²) in [5.41, 5.74) is 7.46. The number of benzene rings is 1. The van der Waals surface area contributed by atoms with E-state index in [1.54, 1.807) is 11.3 Å². The molecule has 0 radical (unpaired) electrons. The molecule has 1 aromatic carbocycles. The molecule has 120 valence electrons. The summed E-state index contributed by atoms with van der Waals surface area (Å²) >= 11 is 1.62. The zero-order valence-corrected chi connectivity index (χ0v) is 13.8. The average molecular weight is 337 g/mol.